The predicted octanol–water partition coefficient (Wildman–Crippen LogP) is 3.33. The average Bonchev–Trinajstić information content (AvgIpc) is 3.07. The van der Waals surface area contributed by atoms with Gasteiger partial charge in [0, 0.05) is 18.9 Å². The lowest BCUT2D eigenvalue weighted by Gasteiger charge is -2.30. The number of sulfonamides is 1. The summed E-state index contributed by atoms with van der Waals surface area (Å²) in [5, 5.41) is 0. The molecule has 0 spiro atoms. The summed E-state index contributed by atoms with van der Waals surface area (Å²) in [6.45, 7) is 4.03. The van der Waals surface area contributed by atoms with Crippen molar-refractivity contribution >= 4 is 10.0 Å². The summed E-state index contributed by atoms with van der Waals surface area (Å²) in [5.74, 6) is 0.0997. The van der Waals surface area contributed by atoms with Gasteiger partial charge in [-0.25, -0.2) is 8.42 Å². The van der Waals surface area contributed by atoms with Crippen molar-refractivity contribution in [3.8, 4) is 0 Å². The smallest absolute Gasteiger partial charge is 0.214 e. The highest BCUT2D eigenvalue weighted by atomic mass is 32.2. The molecule has 0 fully saturated rings. The van der Waals surface area contributed by atoms with E-state index in [4.69, 9.17) is 0 Å². The fourth-order valence-electron chi connectivity index (χ4n) is 3.53. The summed E-state index contributed by atoms with van der Waals surface area (Å²) in [6, 6.07) is 9.93. The molecule has 0 bridgehead atoms. The molecule has 1 aromatic heterocycles. The van der Waals surface area contributed by atoms with Crippen molar-refractivity contribution in [2.75, 3.05) is 12.3 Å². The maximum absolute atomic E-state index is 12.7. The first kappa shape index (κ1) is 17.1. The maximum Gasteiger partial charge on any atom is 0.214 e. The number of fused-ring (bicyclic) bond motifs is 1. The quantitative estimate of drug-likeness (QED) is 0.808. The van der Waals surface area contributed by atoms with E-state index in [2.05, 4.69) is 23.2 Å². The van der Waals surface area contributed by atoms with E-state index in [1.807, 2.05) is 19.1 Å². The zero-order chi connectivity index (χ0) is 17.2. The van der Waals surface area contributed by atoms with Crippen LogP contribution in [0.4, 0.5) is 0 Å². The molecule has 1 aliphatic carbocycles. The summed E-state index contributed by atoms with van der Waals surface area (Å²) in [7, 11) is -3.31. The Hall–Kier alpha value is -1.72. The summed E-state index contributed by atoms with van der Waals surface area (Å²) < 4.78 is 26.9. The largest absolute Gasteiger partial charge is 0.264 e. The van der Waals surface area contributed by atoms with Crippen LogP contribution in [-0.4, -0.2) is 30.0 Å². The molecule has 0 radical (unpaired) electrons. The lowest BCUT2D eigenvalue weighted by atomic mass is 9.96. The Morgan fingerprint density at radius 3 is 2.58 bits per heavy atom. The van der Waals surface area contributed by atoms with Crippen LogP contribution in [0.2, 0.25) is 0 Å². The lowest BCUT2D eigenvalue weighted by molar-refractivity contribution is 0.375. The van der Waals surface area contributed by atoms with Gasteiger partial charge in [-0.1, -0.05) is 31.2 Å². The van der Waals surface area contributed by atoms with Gasteiger partial charge in [-0.3, -0.25) is 4.98 Å². The van der Waals surface area contributed by atoms with E-state index < -0.39 is 10.0 Å². The molecule has 1 atom stereocenters. The molecule has 1 aromatic carbocycles. The van der Waals surface area contributed by atoms with E-state index in [9.17, 15) is 8.42 Å². The molecule has 1 heterocycles. The Balaban J connectivity index is 2.12. The minimum atomic E-state index is -3.31. The Morgan fingerprint density at radius 2 is 1.92 bits per heavy atom. The summed E-state index contributed by atoms with van der Waals surface area (Å²) in [6.07, 6.45) is 6.87. The molecule has 128 valence electrons. The number of hydrogen-bond acceptors (Lipinski definition) is 3. The second-order valence-corrected chi connectivity index (χ2v) is 8.38. The van der Waals surface area contributed by atoms with Crippen molar-refractivity contribution in [2.45, 2.75) is 39.2 Å². The zero-order valence-corrected chi connectivity index (χ0v) is 15.1. The first-order valence-corrected chi connectivity index (χ1v) is 10.2. The van der Waals surface area contributed by atoms with E-state index in [-0.39, 0.29) is 11.8 Å². The monoisotopic (exact) mass is 344 g/mol. The van der Waals surface area contributed by atoms with Crippen LogP contribution in [0.3, 0.4) is 0 Å². The molecule has 0 saturated heterocycles. The van der Waals surface area contributed by atoms with E-state index in [0.29, 0.717) is 6.54 Å². The van der Waals surface area contributed by atoms with Crippen LogP contribution in [-0.2, 0) is 22.9 Å². The molecule has 2 aromatic rings. The summed E-state index contributed by atoms with van der Waals surface area (Å²) in [4.78, 5) is 4.21. The Bertz CT molecular complexity index is 803. The Labute approximate surface area is 144 Å². The fraction of sp³-hybridized carbons (Fsp3) is 0.421. The standard InChI is InChI=1S/C19H24N2O2S/c1-3-21(24(22,23)4-2)19(18-9-6-12-20-14-18)17-11-10-15-7-5-8-16(15)13-17/h6,9-14,19H,3-5,7-8H2,1-2H3/t19-/m1/s1. The lowest BCUT2D eigenvalue weighted by Crippen LogP contribution is -2.36. The molecule has 0 unspecified atom stereocenters. The number of hydrogen-bond donors (Lipinski definition) is 0. The first-order valence-electron chi connectivity index (χ1n) is 8.58. The normalized spacial score (nSPS) is 15.5. The van der Waals surface area contributed by atoms with Gasteiger partial charge in [-0.15, -0.1) is 0 Å². The Kier molecular flexibility index (Phi) is 5.01. The third kappa shape index (κ3) is 3.23. The van der Waals surface area contributed by atoms with Crippen LogP contribution in [0.1, 0.15) is 48.6 Å². The second-order valence-electron chi connectivity index (χ2n) is 6.17. The summed E-state index contributed by atoms with van der Waals surface area (Å²) >= 11 is 0. The van der Waals surface area contributed by atoms with Gasteiger partial charge in [-0.2, -0.15) is 4.31 Å². The van der Waals surface area contributed by atoms with Crippen molar-refractivity contribution in [2.24, 2.45) is 0 Å². The van der Waals surface area contributed by atoms with Crippen LogP contribution in [0.5, 0.6) is 0 Å². The third-order valence-electron chi connectivity index (χ3n) is 4.76. The topological polar surface area (TPSA) is 50.3 Å². The van der Waals surface area contributed by atoms with Gasteiger partial charge >= 0.3 is 0 Å². The van der Waals surface area contributed by atoms with Crippen molar-refractivity contribution < 1.29 is 8.42 Å². The number of nitrogens with zero attached hydrogens (tertiary/aromatic N) is 2. The molecule has 1 aliphatic rings. The van der Waals surface area contributed by atoms with Crippen LogP contribution in [0, 0.1) is 0 Å². The molecule has 24 heavy (non-hydrogen) atoms. The highest BCUT2D eigenvalue weighted by Crippen LogP contribution is 2.33. The van der Waals surface area contributed by atoms with E-state index in [1.165, 1.54) is 17.5 Å². The van der Waals surface area contributed by atoms with Crippen LogP contribution in [0.15, 0.2) is 42.7 Å². The van der Waals surface area contributed by atoms with E-state index in [1.54, 1.807) is 23.6 Å². The highest BCUT2D eigenvalue weighted by molar-refractivity contribution is 7.89. The molecule has 5 heteroatoms. The van der Waals surface area contributed by atoms with Gasteiger partial charge in [0.05, 0.1) is 11.8 Å². The molecule has 3 rings (SSSR count). The third-order valence-corrected chi connectivity index (χ3v) is 6.67. The van der Waals surface area contributed by atoms with E-state index in [0.717, 1.165) is 24.0 Å². The average molecular weight is 344 g/mol. The van der Waals surface area contributed by atoms with Gasteiger partial charge < -0.3 is 0 Å². The van der Waals surface area contributed by atoms with Crippen molar-refractivity contribution in [3.63, 3.8) is 0 Å². The molecule has 0 aliphatic heterocycles. The van der Waals surface area contributed by atoms with Gasteiger partial charge in [0.2, 0.25) is 10.0 Å². The number of aromatic nitrogens is 1. The predicted molar refractivity (Wildman–Crippen MR) is 96.4 cm³/mol. The van der Waals surface area contributed by atoms with Crippen molar-refractivity contribution in [1.82, 2.24) is 9.29 Å². The number of pyridine rings is 1. The highest BCUT2D eigenvalue weighted by Gasteiger charge is 2.30. The van der Waals surface area contributed by atoms with Gasteiger partial charge in [0.25, 0.3) is 0 Å². The minimum Gasteiger partial charge on any atom is -0.264 e. The van der Waals surface area contributed by atoms with Crippen molar-refractivity contribution in [3.05, 3.63) is 65.0 Å². The van der Waals surface area contributed by atoms with Gasteiger partial charge in [0.15, 0.2) is 0 Å². The number of rotatable bonds is 6. The molecular weight excluding hydrogens is 320 g/mol. The molecule has 0 saturated carbocycles. The van der Waals surface area contributed by atoms with Crippen LogP contribution in [0.25, 0.3) is 0 Å². The van der Waals surface area contributed by atoms with E-state index >= 15 is 0 Å². The Morgan fingerprint density at radius 1 is 1.12 bits per heavy atom. The molecule has 4 nitrogen and oxygen atoms in total. The van der Waals surface area contributed by atoms with Crippen LogP contribution >= 0.6 is 0 Å². The number of aryl methyl sites for hydroxylation is 2. The molecule has 0 N–H and O–H groups in total. The van der Waals surface area contributed by atoms with Crippen LogP contribution < -0.4 is 0 Å². The number of benzene rings is 1. The molecular formula is C19H24N2O2S. The molecule has 0 amide bonds. The van der Waals surface area contributed by atoms with Crippen molar-refractivity contribution in [1.29, 1.82) is 0 Å². The second kappa shape index (κ2) is 7.03. The zero-order valence-electron chi connectivity index (χ0n) is 14.3. The first-order chi connectivity index (χ1) is 11.6. The minimum absolute atomic E-state index is 0.0997. The maximum atomic E-state index is 12.7. The SMILES string of the molecule is CCN([C@@H](c1cccnc1)c1ccc2c(c1)CCC2)S(=O)(=O)CC. The van der Waals surface area contributed by atoms with Gasteiger partial charge in [0.1, 0.15) is 0 Å². The summed E-state index contributed by atoms with van der Waals surface area (Å²) in [5.41, 5.74) is 4.69. The fourth-order valence-corrected chi connectivity index (χ4v) is 4.82. The van der Waals surface area contributed by atoms with Gasteiger partial charge in [-0.05, 0) is 54.5 Å².